The van der Waals surface area contributed by atoms with E-state index in [-0.39, 0.29) is 5.91 Å². The Hall–Kier alpha value is -2.14. The molecule has 1 fully saturated rings. The van der Waals surface area contributed by atoms with Gasteiger partial charge in [-0.3, -0.25) is 4.79 Å². The van der Waals surface area contributed by atoms with E-state index in [4.69, 9.17) is 0 Å². The largest absolute Gasteiger partial charge is 0.336 e. The lowest BCUT2D eigenvalue weighted by atomic mass is 10.2. The SMILES string of the molecule is CN1CCN(C(=O)c2cnn(-c3ccccc3)c2)CC1. The van der Waals surface area contributed by atoms with Crippen molar-refractivity contribution >= 4 is 5.91 Å². The van der Waals surface area contributed by atoms with Crippen LogP contribution in [0.15, 0.2) is 42.7 Å². The number of piperazine rings is 1. The highest BCUT2D eigenvalue weighted by Gasteiger charge is 2.21. The molecule has 1 aliphatic heterocycles. The van der Waals surface area contributed by atoms with Gasteiger partial charge in [0.25, 0.3) is 5.91 Å². The summed E-state index contributed by atoms with van der Waals surface area (Å²) in [6.07, 6.45) is 3.45. The molecule has 5 nitrogen and oxygen atoms in total. The Morgan fingerprint density at radius 3 is 2.50 bits per heavy atom. The van der Waals surface area contributed by atoms with Crippen molar-refractivity contribution < 1.29 is 4.79 Å². The molecule has 0 radical (unpaired) electrons. The van der Waals surface area contributed by atoms with Gasteiger partial charge in [0.15, 0.2) is 0 Å². The Morgan fingerprint density at radius 1 is 1.10 bits per heavy atom. The highest BCUT2D eigenvalue weighted by atomic mass is 16.2. The molecule has 1 amide bonds. The number of aromatic nitrogens is 2. The molecule has 2 aromatic rings. The molecule has 1 aromatic heterocycles. The molecule has 0 unspecified atom stereocenters. The Kier molecular flexibility index (Phi) is 3.52. The van der Waals surface area contributed by atoms with Gasteiger partial charge in [0.05, 0.1) is 17.4 Å². The second kappa shape index (κ2) is 5.46. The topological polar surface area (TPSA) is 41.4 Å². The number of likely N-dealkylation sites (N-methyl/N-ethyl adjacent to an activating group) is 1. The van der Waals surface area contributed by atoms with Gasteiger partial charge >= 0.3 is 0 Å². The molecule has 0 spiro atoms. The monoisotopic (exact) mass is 270 g/mol. The van der Waals surface area contributed by atoms with Crippen LogP contribution >= 0.6 is 0 Å². The summed E-state index contributed by atoms with van der Waals surface area (Å²) < 4.78 is 1.74. The maximum atomic E-state index is 12.4. The van der Waals surface area contributed by atoms with E-state index in [9.17, 15) is 4.79 Å². The van der Waals surface area contributed by atoms with Crippen LogP contribution in [0.25, 0.3) is 5.69 Å². The highest BCUT2D eigenvalue weighted by Crippen LogP contribution is 2.11. The fourth-order valence-corrected chi connectivity index (χ4v) is 2.35. The molecule has 0 saturated carbocycles. The average molecular weight is 270 g/mol. The van der Waals surface area contributed by atoms with Gasteiger partial charge in [-0.1, -0.05) is 18.2 Å². The minimum atomic E-state index is 0.0697. The van der Waals surface area contributed by atoms with Crippen molar-refractivity contribution in [3.8, 4) is 5.69 Å². The van der Waals surface area contributed by atoms with Crippen LogP contribution in [-0.2, 0) is 0 Å². The van der Waals surface area contributed by atoms with Crippen molar-refractivity contribution in [1.29, 1.82) is 0 Å². The number of para-hydroxylation sites is 1. The molecule has 1 aliphatic rings. The zero-order chi connectivity index (χ0) is 13.9. The molecule has 104 valence electrons. The van der Waals surface area contributed by atoms with Gasteiger partial charge in [-0.15, -0.1) is 0 Å². The van der Waals surface area contributed by atoms with E-state index in [1.807, 2.05) is 35.2 Å². The van der Waals surface area contributed by atoms with E-state index in [2.05, 4.69) is 17.0 Å². The first kappa shape index (κ1) is 12.9. The van der Waals surface area contributed by atoms with Crippen LogP contribution < -0.4 is 0 Å². The van der Waals surface area contributed by atoms with Crippen molar-refractivity contribution in [2.24, 2.45) is 0 Å². The molecule has 0 bridgehead atoms. The summed E-state index contributed by atoms with van der Waals surface area (Å²) in [5.41, 5.74) is 1.61. The molecule has 0 aliphatic carbocycles. The maximum absolute atomic E-state index is 12.4. The molecule has 1 saturated heterocycles. The predicted octanol–water partition coefficient (Wildman–Crippen LogP) is 1.26. The Morgan fingerprint density at radius 2 is 1.80 bits per heavy atom. The number of hydrogen-bond donors (Lipinski definition) is 0. The fourth-order valence-electron chi connectivity index (χ4n) is 2.35. The summed E-state index contributed by atoms with van der Waals surface area (Å²) in [7, 11) is 2.08. The quantitative estimate of drug-likeness (QED) is 0.825. The highest BCUT2D eigenvalue weighted by molar-refractivity contribution is 5.93. The van der Waals surface area contributed by atoms with E-state index >= 15 is 0 Å². The Labute approximate surface area is 118 Å². The summed E-state index contributed by atoms with van der Waals surface area (Å²) in [6, 6.07) is 9.81. The number of amides is 1. The summed E-state index contributed by atoms with van der Waals surface area (Å²) in [5.74, 6) is 0.0697. The zero-order valence-electron chi connectivity index (χ0n) is 11.6. The maximum Gasteiger partial charge on any atom is 0.257 e. The van der Waals surface area contributed by atoms with E-state index < -0.39 is 0 Å². The van der Waals surface area contributed by atoms with Crippen molar-refractivity contribution in [3.05, 3.63) is 48.3 Å². The Balaban J connectivity index is 1.75. The van der Waals surface area contributed by atoms with E-state index in [1.165, 1.54) is 0 Å². The minimum absolute atomic E-state index is 0.0697. The number of nitrogens with zero attached hydrogens (tertiary/aromatic N) is 4. The molecule has 1 aromatic carbocycles. The van der Waals surface area contributed by atoms with Gasteiger partial charge in [0.1, 0.15) is 0 Å². The lowest BCUT2D eigenvalue weighted by Gasteiger charge is -2.32. The van der Waals surface area contributed by atoms with Gasteiger partial charge < -0.3 is 9.80 Å². The first-order valence-corrected chi connectivity index (χ1v) is 6.82. The number of carbonyl (C=O) groups excluding carboxylic acids is 1. The predicted molar refractivity (Wildman–Crippen MR) is 77.0 cm³/mol. The van der Waals surface area contributed by atoms with Crippen LogP contribution in [0.1, 0.15) is 10.4 Å². The second-order valence-electron chi connectivity index (χ2n) is 5.10. The molecule has 5 heteroatoms. The first-order valence-electron chi connectivity index (χ1n) is 6.82. The molecule has 3 rings (SSSR count). The first-order chi connectivity index (χ1) is 9.74. The van der Waals surface area contributed by atoms with Gasteiger partial charge in [-0.25, -0.2) is 4.68 Å². The molecule has 20 heavy (non-hydrogen) atoms. The lowest BCUT2D eigenvalue weighted by molar-refractivity contribution is 0.0664. The molecule has 0 N–H and O–H groups in total. The summed E-state index contributed by atoms with van der Waals surface area (Å²) in [5, 5.41) is 4.28. The standard InChI is InChI=1S/C15H18N4O/c1-17-7-9-18(10-8-17)15(20)13-11-16-19(12-13)14-5-3-2-4-6-14/h2-6,11-12H,7-10H2,1H3. The third-order valence-electron chi connectivity index (χ3n) is 3.64. The lowest BCUT2D eigenvalue weighted by Crippen LogP contribution is -2.47. The van der Waals surface area contributed by atoms with Crippen molar-refractivity contribution in [1.82, 2.24) is 19.6 Å². The van der Waals surface area contributed by atoms with Crippen LogP contribution in [0.2, 0.25) is 0 Å². The van der Waals surface area contributed by atoms with Gasteiger partial charge in [-0.05, 0) is 19.2 Å². The minimum Gasteiger partial charge on any atom is -0.336 e. The van der Waals surface area contributed by atoms with Gasteiger partial charge in [-0.2, -0.15) is 5.10 Å². The fraction of sp³-hybridized carbons (Fsp3) is 0.333. The third kappa shape index (κ3) is 2.58. The van der Waals surface area contributed by atoms with E-state index in [0.717, 1.165) is 31.9 Å². The number of carbonyl (C=O) groups is 1. The summed E-state index contributed by atoms with van der Waals surface area (Å²) in [4.78, 5) is 16.5. The molecule has 0 atom stereocenters. The van der Waals surface area contributed by atoms with Gasteiger partial charge in [0, 0.05) is 32.4 Å². The molecular weight excluding hydrogens is 252 g/mol. The van der Waals surface area contributed by atoms with Crippen molar-refractivity contribution in [3.63, 3.8) is 0 Å². The normalized spacial score (nSPS) is 16.4. The number of rotatable bonds is 2. The summed E-state index contributed by atoms with van der Waals surface area (Å²) in [6.45, 7) is 3.43. The van der Waals surface area contributed by atoms with Crippen LogP contribution in [0.4, 0.5) is 0 Å². The van der Waals surface area contributed by atoms with Crippen LogP contribution in [0.3, 0.4) is 0 Å². The van der Waals surface area contributed by atoms with Gasteiger partial charge in [0.2, 0.25) is 0 Å². The molecule has 2 heterocycles. The van der Waals surface area contributed by atoms with Crippen molar-refractivity contribution in [2.45, 2.75) is 0 Å². The van der Waals surface area contributed by atoms with Crippen molar-refractivity contribution in [2.75, 3.05) is 33.2 Å². The third-order valence-corrected chi connectivity index (χ3v) is 3.64. The van der Waals surface area contributed by atoms with E-state index in [1.54, 1.807) is 17.1 Å². The zero-order valence-corrected chi connectivity index (χ0v) is 11.6. The molecular formula is C15H18N4O. The van der Waals surface area contributed by atoms with Crippen LogP contribution in [-0.4, -0.2) is 58.7 Å². The van der Waals surface area contributed by atoms with Crippen LogP contribution in [0, 0.1) is 0 Å². The van der Waals surface area contributed by atoms with E-state index in [0.29, 0.717) is 5.56 Å². The number of benzene rings is 1. The smallest absolute Gasteiger partial charge is 0.257 e. The number of hydrogen-bond acceptors (Lipinski definition) is 3. The Bertz CT molecular complexity index is 585. The van der Waals surface area contributed by atoms with Crippen LogP contribution in [0.5, 0.6) is 0 Å². The second-order valence-corrected chi connectivity index (χ2v) is 5.10. The average Bonchev–Trinajstić information content (AvgIpc) is 2.98. The summed E-state index contributed by atoms with van der Waals surface area (Å²) >= 11 is 0.